The molecule has 0 aromatic carbocycles. The average molecular weight is 428 g/mol. The minimum Gasteiger partial charge on any atom is -0.381 e. The Balaban J connectivity index is 0. The van der Waals surface area contributed by atoms with Gasteiger partial charge in [-0.3, -0.25) is 9.79 Å². The maximum absolute atomic E-state index is 11.4. The van der Waals surface area contributed by atoms with Crippen LogP contribution in [0.5, 0.6) is 0 Å². The fourth-order valence-corrected chi connectivity index (χ4v) is 1.57. The van der Waals surface area contributed by atoms with E-state index in [1.54, 1.807) is 7.05 Å². The van der Waals surface area contributed by atoms with E-state index in [1.807, 2.05) is 6.92 Å². The van der Waals surface area contributed by atoms with Gasteiger partial charge in [-0.05, 0) is 18.8 Å². The van der Waals surface area contributed by atoms with Crippen LogP contribution in [0.15, 0.2) is 4.99 Å². The Morgan fingerprint density at radius 1 is 1.14 bits per heavy atom. The average Bonchev–Trinajstić information content (AvgIpc) is 2.46. The zero-order chi connectivity index (χ0) is 15.9. The molecule has 132 valence electrons. The molecule has 0 saturated heterocycles. The largest absolute Gasteiger partial charge is 0.381 e. The van der Waals surface area contributed by atoms with Crippen LogP contribution in [-0.4, -0.2) is 51.8 Å². The first-order chi connectivity index (χ1) is 10.1. The third kappa shape index (κ3) is 15.8. The summed E-state index contributed by atoms with van der Waals surface area (Å²) < 4.78 is 5.51. The van der Waals surface area contributed by atoms with Crippen molar-refractivity contribution in [3.05, 3.63) is 0 Å². The molecular weight excluding hydrogens is 395 g/mol. The lowest BCUT2D eigenvalue weighted by molar-refractivity contribution is -0.120. The highest BCUT2D eigenvalue weighted by Crippen LogP contribution is 1.92. The molecule has 0 aromatic rings. The van der Waals surface area contributed by atoms with Crippen LogP contribution in [0.4, 0.5) is 0 Å². The molecule has 0 bridgehead atoms. The van der Waals surface area contributed by atoms with Crippen LogP contribution in [0.1, 0.15) is 40.0 Å². The van der Waals surface area contributed by atoms with Crippen molar-refractivity contribution < 1.29 is 9.53 Å². The summed E-state index contributed by atoms with van der Waals surface area (Å²) in [4.78, 5) is 15.5. The van der Waals surface area contributed by atoms with Crippen LogP contribution in [0.3, 0.4) is 0 Å². The Hall–Kier alpha value is -0.570. The maximum Gasteiger partial charge on any atom is 0.221 e. The molecule has 0 aliphatic carbocycles. The molecule has 0 unspecified atom stereocenters. The Bertz CT molecular complexity index is 299. The van der Waals surface area contributed by atoms with Crippen LogP contribution in [0.2, 0.25) is 0 Å². The highest BCUT2D eigenvalue weighted by molar-refractivity contribution is 14.0. The molecule has 0 rings (SSSR count). The van der Waals surface area contributed by atoms with E-state index in [0.29, 0.717) is 18.9 Å². The number of rotatable bonds is 11. The molecule has 0 spiro atoms. The van der Waals surface area contributed by atoms with Gasteiger partial charge in [-0.15, -0.1) is 24.0 Å². The first kappa shape index (κ1) is 23.7. The van der Waals surface area contributed by atoms with Crippen molar-refractivity contribution in [2.24, 2.45) is 10.9 Å². The molecule has 0 heterocycles. The van der Waals surface area contributed by atoms with Gasteiger partial charge in [-0.25, -0.2) is 0 Å². The Kier molecular flexibility index (Phi) is 18.1. The van der Waals surface area contributed by atoms with Gasteiger partial charge in [0.1, 0.15) is 0 Å². The number of aliphatic imine (C=N–C) groups is 1. The van der Waals surface area contributed by atoms with Crippen LogP contribution >= 0.6 is 24.0 Å². The quantitative estimate of drug-likeness (QED) is 0.203. The van der Waals surface area contributed by atoms with E-state index < -0.39 is 0 Å². The normalized spacial score (nSPS) is 11.0. The highest BCUT2D eigenvalue weighted by Gasteiger charge is 2.01. The van der Waals surface area contributed by atoms with Crippen molar-refractivity contribution in [1.82, 2.24) is 16.0 Å². The number of carbonyl (C=O) groups excluding carboxylic acids is 1. The number of guanidine groups is 1. The second kappa shape index (κ2) is 16.8. The zero-order valence-corrected chi connectivity index (χ0v) is 16.7. The van der Waals surface area contributed by atoms with Crippen molar-refractivity contribution in [1.29, 1.82) is 0 Å². The summed E-state index contributed by atoms with van der Waals surface area (Å²) in [7, 11) is 1.72. The Morgan fingerprint density at radius 2 is 1.82 bits per heavy atom. The van der Waals surface area contributed by atoms with Crippen molar-refractivity contribution in [2.45, 2.75) is 40.0 Å². The van der Waals surface area contributed by atoms with E-state index in [1.165, 1.54) is 0 Å². The van der Waals surface area contributed by atoms with E-state index in [2.05, 4.69) is 34.8 Å². The number of halogens is 1. The molecule has 6 nitrogen and oxygen atoms in total. The van der Waals surface area contributed by atoms with E-state index in [0.717, 1.165) is 45.1 Å². The Labute approximate surface area is 152 Å². The van der Waals surface area contributed by atoms with Crippen LogP contribution < -0.4 is 16.0 Å². The SMILES string of the molecule is CCCNC(=O)CCNC(=NC)NCCCOCC(C)C.I. The first-order valence-corrected chi connectivity index (χ1v) is 7.89. The van der Waals surface area contributed by atoms with E-state index in [-0.39, 0.29) is 29.9 Å². The van der Waals surface area contributed by atoms with E-state index >= 15 is 0 Å². The van der Waals surface area contributed by atoms with E-state index in [4.69, 9.17) is 4.74 Å². The van der Waals surface area contributed by atoms with Gasteiger partial charge in [-0.2, -0.15) is 0 Å². The van der Waals surface area contributed by atoms with E-state index in [9.17, 15) is 4.79 Å². The predicted octanol–water partition coefficient (Wildman–Crippen LogP) is 1.75. The van der Waals surface area contributed by atoms with Gasteiger partial charge in [0, 0.05) is 46.3 Å². The fraction of sp³-hybridized carbons (Fsp3) is 0.867. The van der Waals surface area contributed by atoms with Crippen molar-refractivity contribution in [3.63, 3.8) is 0 Å². The molecule has 0 fully saturated rings. The van der Waals surface area contributed by atoms with Crippen LogP contribution in [0.25, 0.3) is 0 Å². The lowest BCUT2D eigenvalue weighted by atomic mass is 10.2. The second-order valence-corrected chi connectivity index (χ2v) is 5.35. The number of hydrogen-bond donors (Lipinski definition) is 3. The minimum absolute atomic E-state index is 0. The molecule has 7 heteroatoms. The number of amides is 1. The highest BCUT2D eigenvalue weighted by atomic mass is 127. The summed E-state index contributed by atoms with van der Waals surface area (Å²) in [6, 6.07) is 0. The van der Waals surface area contributed by atoms with Crippen molar-refractivity contribution >= 4 is 35.8 Å². The molecule has 0 aliphatic heterocycles. The summed E-state index contributed by atoms with van der Waals surface area (Å²) in [6.45, 7) is 10.00. The standard InChI is InChI=1S/C15H32N4O2.HI/c1-5-8-17-14(20)7-10-19-15(16-4)18-9-6-11-21-12-13(2)3;/h13H,5-12H2,1-4H3,(H,17,20)(H2,16,18,19);1H. The molecule has 0 saturated carbocycles. The number of ether oxygens (including phenoxy) is 1. The topological polar surface area (TPSA) is 74.8 Å². The van der Waals surface area contributed by atoms with Gasteiger partial charge >= 0.3 is 0 Å². The molecule has 0 radical (unpaired) electrons. The Morgan fingerprint density at radius 3 is 2.41 bits per heavy atom. The summed E-state index contributed by atoms with van der Waals surface area (Å²) >= 11 is 0. The zero-order valence-electron chi connectivity index (χ0n) is 14.4. The molecule has 0 aromatic heterocycles. The molecular formula is C15H33IN4O2. The van der Waals surface area contributed by atoms with Gasteiger partial charge in [0.25, 0.3) is 0 Å². The summed E-state index contributed by atoms with van der Waals surface area (Å²) in [5.41, 5.74) is 0. The van der Waals surface area contributed by atoms with Crippen LogP contribution in [-0.2, 0) is 9.53 Å². The van der Waals surface area contributed by atoms with Gasteiger partial charge in [-0.1, -0.05) is 20.8 Å². The monoisotopic (exact) mass is 428 g/mol. The van der Waals surface area contributed by atoms with Crippen LogP contribution in [0, 0.1) is 5.92 Å². The third-order valence-corrected chi connectivity index (χ3v) is 2.65. The fourth-order valence-electron chi connectivity index (χ4n) is 1.57. The first-order valence-electron chi connectivity index (χ1n) is 7.89. The third-order valence-electron chi connectivity index (χ3n) is 2.65. The minimum atomic E-state index is 0. The number of carbonyl (C=O) groups is 1. The second-order valence-electron chi connectivity index (χ2n) is 5.35. The van der Waals surface area contributed by atoms with Gasteiger partial charge < -0.3 is 20.7 Å². The lowest BCUT2D eigenvalue weighted by Gasteiger charge is -2.12. The number of nitrogens with one attached hydrogen (secondary N) is 3. The smallest absolute Gasteiger partial charge is 0.221 e. The van der Waals surface area contributed by atoms with Gasteiger partial charge in [0.2, 0.25) is 5.91 Å². The maximum atomic E-state index is 11.4. The number of hydrogen-bond acceptors (Lipinski definition) is 3. The predicted molar refractivity (Wildman–Crippen MR) is 103 cm³/mol. The van der Waals surface area contributed by atoms with Gasteiger partial charge in [0.05, 0.1) is 0 Å². The lowest BCUT2D eigenvalue weighted by Crippen LogP contribution is -2.40. The number of nitrogens with zero attached hydrogens (tertiary/aromatic N) is 1. The summed E-state index contributed by atoms with van der Waals surface area (Å²) in [5.74, 6) is 1.37. The molecule has 0 atom stereocenters. The summed E-state index contributed by atoms with van der Waals surface area (Å²) in [5, 5.41) is 9.17. The van der Waals surface area contributed by atoms with Crippen molar-refractivity contribution in [2.75, 3.05) is 39.9 Å². The summed E-state index contributed by atoms with van der Waals surface area (Å²) in [6.07, 6.45) is 2.35. The van der Waals surface area contributed by atoms with Crippen molar-refractivity contribution in [3.8, 4) is 0 Å². The molecule has 0 aliphatic rings. The molecule has 1 amide bonds. The molecule has 3 N–H and O–H groups in total. The van der Waals surface area contributed by atoms with Gasteiger partial charge in [0.15, 0.2) is 5.96 Å². The molecule has 22 heavy (non-hydrogen) atoms.